The Hall–Kier alpha value is -0.414. The van der Waals surface area contributed by atoms with Crippen molar-refractivity contribution in [3.63, 3.8) is 0 Å². The molecule has 0 aliphatic heterocycles. The quantitative estimate of drug-likeness (QED) is 0.304. The third-order valence-electron chi connectivity index (χ3n) is 0.289. The fourth-order valence-electron chi connectivity index (χ4n) is 0.118. The second kappa shape index (κ2) is 16.3. The minimum Gasteiger partial charge on any atom is -0.550 e. The zero-order valence-electron chi connectivity index (χ0n) is 5.55. The number of carbonyl (C=O) groups excluding carboxylic acids is 2. The van der Waals surface area contributed by atoms with Crippen LogP contribution in [0.15, 0.2) is 0 Å². The number of rotatable bonds is 2. The predicted octanol–water partition coefficient (Wildman–Crippen LogP) is -5.98. The molecule has 0 aliphatic carbocycles. The van der Waals surface area contributed by atoms with Gasteiger partial charge in [-0.05, 0) is 0 Å². The number of aliphatic carboxylic acids is 2. The van der Waals surface area contributed by atoms with Crippen LogP contribution in [0.2, 0.25) is 0 Å². The monoisotopic (exact) mass is 180 g/mol. The van der Waals surface area contributed by atoms with Gasteiger partial charge in [0.1, 0.15) is 0 Å². The Bertz CT molecular complexity index is 89.9. The van der Waals surface area contributed by atoms with Gasteiger partial charge in [-0.15, -0.1) is 0 Å². The van der Waals surface area contributed by atoms with E-state index in [0.717, 1.165) is 0 Å². The molecule has 0 saturated heterocycles. The Morgan fingerprint density at radius 3 is 1.09 bits per heavy atom. The van der Waals surface area contributed by atoms with Crippen molar-refractivity contribution in [3.8, 4) is 0 Å². The van der Waals surface area contributed by atoms with Crippen LogP contribution in [0.25, 0.3) is 0 Å². The zero-order chi connectivity index (χ0) is 5.86. The van der Waals surface area contributed by atoms with Gasteiger partial charge in [0.2, 0.25) is 0 Å². The van der Waals surface area contributed by atoms with Gasteiger partial charge >= 0.3 is 23.1 Å². The van der Waals surface area contributed by atoms with E-state index in [1.54, 1.807) is 0 Å². The van der Waals surface area contributed by atoms with Gasteiger partial charge in [0.15, 0.2) is 0 Å². The van der Waals surface area contributed by atoms with E-state index in [9.17, 15) is 19.8 Å². The first-order valence-electron chi connectivity index (χ1n) is 1.52. The molecule has 0 aromatic rings. The van der Waals surface area contributed by atoms with Crippen molar-refractivity contribution in [2.45, 2.75) is 6.42 Å². The second-order valence-corrected chi connectivity index (χ2v) is 0.921. The Morgan fingerprint density at radius 1 is 0.909 bits per heavy atom. The molecule has 8 heteroatoms. The van der Waals surface area contributed by atoms with Crippen molar-refractivity contribution in [2.24, 2.45) is 0 Å². The van der Waals surface area contributed by atoms with Crippen molar-refractivity contribution in [1.82, 2.24) is 0 Å². The van der Waals surface area contributed by atoms with Crippen LogP contribution in [0.1, 0.15) is 6.42 Å². The number of carboxylic acids is 2. The van der Waals surface area contributed by atoms with E-state index in [0.29, 0.717) is 0 Å². The van der Waals surface area contributed by atoms with Gasteiger partial charge in [-0.2, -0.15) is 0 Å². The number of hydrogen-bond acceptors (Lipinski definition) is 4. The Labute approximate surface area is 78.1 Å². The average molecular weight is 180 g/mol. The largest absolute Gasteiger partial charge is 2.00 e. The smallest absolute Gasteiger partial charge is 0.550 e. The molecule has 0 saturated carbocycles. The normalized spacial score (nSPS) is 5.09. The number of carbonyl (C=O) groups is 2. The summed E-state index contributed by atoms with van der Waals surface area (Å²) in [4.78, 5) is 18.6. The van der Waals surface area contributed by atoms with Crippen molar-refractivity contribution in [3.05, 3.63) is 0 Å². The van der Waals surface area contributed by atoms with Crippen LogP contribution >= 0.6 is 0 Å². The molecule has 0 aromatic heterocycles. The summed E-state index contributed by atoms with van der Waals surface area (Å²) in [7, 11) is 0. The minimum atomic E-state index is -1.63. The van der Waals surface area contributed by atoms with Crippen LogP contribution in [0.4, 0.5) is 0 Å². The van der Waals surface area contributed by atoms with Crippen LogP contribution in [0, 0.1) is 0 Å². The van der Waals surface area contributed by atoms with Crippen LogP contribution in [-0.4, -0.2) is 51.4 Å². The molecular formula is C3H8MgO7. The van der Waals surface area contributed by atoms with Gasteiger partial charge in [-0.1, -0.05) is 0 Å². The van der Waals surface area contributed by atoms with E-state index in [2.05, 4.69) is 0 Å². The van der Waals surface area contributed by atoms with E-state index in [4.69, 9.17) is 0 Å². The summed E-state index contributed by atoms with van der Waals surface area (Å²) in [6.07, 6.45) is -1.03. The molecule has 0 unspecified atom stereocenters. The Kier molecular flexibility index (Phi) is 46.2. The molecular weight excluding hydrogens is 172 g/mol. The molecule has 0 aromatic carbocycles. The first-order valence-corrected chi connectivity index (χ1v) is 1.52. The third kappa shape index (κ3) is 42.9. The van der Waals surface area contributed by atoms with Gasteiger partial charge in [-0.3, -0.25) is 0 Å². The van der Waals surface area contributed by atoms with E-state index in [1.807, 2.05) is 0 Å². The summed E-state index contributed by atoms with van der Waals surface area (Å²) in [5, 5.41) is 18.6. The fraction of sp³-hybridized carbons (Fsp3) is 0.333. The summed E-state index contributed by atoms with van der Waals surface area (Å²) in [6.45, 7) is 0. The molecule has 0 amide bonds. The van der Waals surface area contributed by atoms with E-state index in [1.165, 1.54) is 0 Å². The maximum Gasteiger partial charge on any atom is 2.00 e. The fourth-order valence-corrected chi connectivity index (χ4v) is 0.118. The van der Waals surface area contributed by atoms with Gasteiger partial charge in [0, 0.05) is 18.4 Å². The van der Waals surface area contributed by atoms with Gasteiger partial charge in [0.05, 0.1) is 0 Å². The summed E-state index contributed by atoms with van der Waals surface area (Å²) in [5.41, 5.74) is 0. The minimum absolute atomic E-state index is 0. The molecule has 0 aliphatic rings. The van der Waals surface area contributed by atoms with Crippen molar-refractivity contribution < 1.29 is 36.2 Å². The summed E-state index contributed by atoms with van der Waals surface area (Å²) in [5.74, 6) is -3.25. The Balaban J connectivity index is -0.0000000300. The number of carboxylic acid groups (broad SMARTS) is 2. The third-order valence-corrected chi connectivity index (χ3v) is 0.289. The van der Waals surface area contributed by atoms with Crippen LogP contribution in [0.3, 0.4) is 0 Å². The van der Waals surface area contributed by atoms with Crippen LogP contribution in [0.5, 0.6) is 0 Å². The molecule has 0 radical (unpaired) electrons. The maximum atomic E-state index is 9.28. The first-order chi connectivity index (χ1) is 3.13. The van der Waals surface area contributed by atoms with Gasteiger partial charge < -0.3 is 36.2 Å². The zero-order valence-corrected chi connectivity index (χ0v) is 6.96. The molecule has 7 nitrogen and oxygen atoms in total. The summed E-state index contributed by atoms with van der Waals surface area (Å²) in [6, 6.07) is 0. The van der Waals surface area contributed by atoms with E-state index in [-0.39, 0.29) is 39.5 Å². The maximum absolute atomic E-state index is 9.28. The Morgan fingerprint density at radius 2 is 1.09 bits per heavy atom. The second-order valence-electron chi connectivity index (χ2n) is 0.921. The molecule has 0 atom stereocenters. The molecule has 0 fully saturated rings. The van der Waals surface area contributed by atoms with Crippen LogP contribution < -0.4 is 10.2 Å². The molecule has 0 bridgehead atoms. The predicted molar refractivity (Wildman–Crippen MR) is 31.2 cm³/mol. The average Bonchev–Trinajstić information content (AvgIpc) is 1.27. The molecule has 64 valence electrons. The molecule has 0 heterocycles. The first kappa shape index (κ1) is 31.2. The molecule has 6 N–H and O–H groups in total. The van der Waals surface area contributed by atoms with E-state index < -0.39 is 18.4 Å². The molecule has 0 rings (SSSR count). The van der Waals surface area contributed by atoms with E-state index >= 15 is 0 Å². The molecule has 11 heavy (non-hydrogen) atoms. The topological polar surface area (TPSA) is 175 Å². The summed E-state index contributed by atoms with van der Waals surface area (Å²) < 4.78 is 0. The number of hydrogen-bond donors (Lipinski definition) is 0. The van der Waals surface area contributed by atoms with Crippen molar-refractivity contribution in [2.75, 3.05) is 0 Å². The van der Waals surface area contributed by atoms with Crippen molar-refractivity contribution >= 4 is 35.0 Å². The summed E-state index contributed by atoms with van der Waals surface area (Å²) >= 11 is 0. The molecule has 0 spiro atoms. The van der Waals surface area contributed by atoms with Crippen molar-refractivity contribution in [1.29, 1.82) is 0 Å². The van der Waals surface area contributed by atoms with Gasteiger partial charge in [0.25, 0.3) is 0 Å². The van der Waals surface area contributed by atoms with Gasteiger partial charge in [-0.25, -0.2) is 0 Å². The van der Waals surface area contributed by atoms with Crippen LogP contribution in [-0.2, 0) is 9.59 Å². The standard InChI is InChI=1S/C3H4O4.Mg.3H2O/c4-2(5)1-3(6)7;;;;/h1H2,(H,4,5)(H,6,7);;3*1H2/q;+2;;;/p-2. The SMILES string of the molecule is O.O.O.O=C([O-])CC(=O)[O-].[Mg+2].